The van der Waals surface area contributed by atoms with Gasteiger partial charge in [0.05, 0.1) is 6.04 Å². The van der Waals surface area contributed by atoms with Crippen LogP contribution in [0.3, 0.4) is 0 Å². The van der Waals surface area contributed by atoms with Crippen molar-refractivity contribution in [2.75, 3.05) is 20.1 Å². The lowest BCUT2D eigenvalue weighted by Crippen LogP contribution is -2.43. The van der Waals surface area contributed by atoms with Crippen molar-refractivity contribution in [3.8, 4) is 0 Å². The fraction of sp³-hybridized carbons (Fsp3) is 0.583. The number of carbonyl (C=O) groups is 1. The first-order valence-corrected chi connectivity index (χ1v) is 6.53. The number of carbonyl (C=O) groups excluding carboxylic acids is 1. The number of nitrogens with zero attached hydrogens (tertiary/aromatic N) is 1. The summed E-state index contributed by atoms with van der Waals surface area (Å²) in [4.78, 5) is 14.8. The molecule has 0 aromatic carbocycles. The van der Waals surface area contributed by atoms with Gasteiger partial charge in [0.25, 0.3) is 0 Å². The molecule has 0 fully saturated rings. The second-order valence-electron chi connectivity index (χ2n) is 3.86. The Bertz CT molecular complexity index is 311. The highest BCUT2D eigenvalue weighted by molar-refractivity contribution is 7.09. The van der Waals surface area contributed by atoms with Crippen LogP contribution in [-0.4, -0.2) is 37.0 Å². The van der Waals surface area contributed by atoms with Gasteiger partial charge in [-0.1, -0.05) is 6.07 Å². The predicted octanol–water partition coefficient (Wildman–Crippen LogP) is 1.75. The SMILES string of the molecule is CCN(C)C(=O)C(C)NCCc1cccs1. The second-order valence-corrected chi connectivity index (χ2v) is 4.89. The third-order valence-corrected chi connectivity index (χ3v) is 3.56. The van der Waals surface area contributed by atoms with Crippen LogP contribution in [0.2, 0.25) is 0 Å². The fourth-order valence-corrected chi connectivity index (χ4v) is 2.15. The molecule has 0 saturated heterocycles. The van der Waals surface area contributed by atoms with Gasteiger partial charge in [-0.2, -0.15) is 0 Å². The summed E-state index contributed by atoms with van der Waals surface area (Å²) in [7, 11) is 1.83. The van der Waals surface area contributed by atoms with Gasteiger partial charge in [0.1, 0.15) is 0 Å². The van der Waals surface area contributed by atoms with Gasteiger partial charge in [-0.25, -0.2) is 0 Å². The van der Waals surface area contributed by atoms with Gasteiger partial charge < -0.3 is 10.2 Å². The maximum Gasteiger partial charge on any atom is 0.239 e. The Labute approximate surface area is 101 Å². The van der Waals surface area contributed by atoms with E-state index in [1.54, 1.807) is 16.2 Å². The van der Waals surface area contributed by atoms with Crippen molar-refractivity contribution in [3.05, 3.63) is 22.4 Å². The largest absolute Gasteiger partial charge is 0.345 e. The molecule has 1 aromatic heterocycles. The lowest BCUT2D eigenvalue weighted by Gasteiger charge is -2.20. The monoisotopic (exact) mass is 240 g/mol. The summed E-state index contributed by atoms with van der Waals surface area (Å²) >= 11 is 1.76. The highest BCUT2D eigenvalue weighted by atomic mass is 32.1. The molecule has 1 amide bonds. The average molecular weight is 240 g/mol. The normalized spacial score (nSPS) is 12.4. The standard InChI is InChI=1S/C12H20N2OS/c1-4-14(3)12(15)10(2)13-8-7-11-6-5-9-16-11/h5-6,9-10,13H,4,7-8H2,1-3H3. The Hall–Kier alpha value is -0.870. The molecule has 1 aromatic rings. The summed E-state index contributed by atoms with van der Waals surface area (Å²) < 4.78 is 0. The van der Waals surface area contributed by atoms with Gasteiger partial charge in [0.15, 0.2) is 0 Å². The Balaban J connectivity index is 2.24. The quantitative estimate of drug-likeness (QED) is 0.821. The van der Waals surface area contributed by atoms with Crippen molar-refractivity contribution < 1.29 is 4.79 Å². The second kappa shape index (κ2) is 6.66. The zero-order valence-corrected chi connectivity index (χ0v) is 11.0. The van der Waals surface area contributed by atoms with Gasteiger partial charge in [0, 0.05) is 25.0 Å². The third-order valence-electron chi connectivity index (χ3n) is 2.62. The molecule has 3 nitrogen and oxygen atoms in total. The molecule has 16 heavy (non-hydrogen) atoms. The molecular formula is C12H20N2OS. The Morgan fingerprint density at radius 3 is 2.94 bits per heavy atom. The molecule has 0 aliphatic rings. The fourth-order valence-electron chi connectivity index (χ4n) is 1.44. The van der Waals surface area contributed by atoms with Gasteiger partial charge >= 0.3 is 0 Å². The maximum absolute atomic E-state index is 11.7. The van der Waals surface area contributed by atoms with Crippen molar-refractivity contribution in [3.63, 3.8) is 0 Å². The van der Waals surface area contributed by atoms with Crippen LogP contribution >= 0.6 is 11.3 Å². The van der Waals surface area contributed by atoms with E-state index in [0.717, 1.165) is 19.5 Å². The molecule has 0 saturated carbocycles. The smallest absolute Gasteiger partial charge is 0.239 e. The summed E-state index contributed by atoms with van der Waals surface area (Å²) in [5.41, 5.74) is 0. The Morgan fingerprint density at radius 1 is 1.62 bits per heavy atom. The number of nitrogens with one attached hydrogen (secondary N) is 1. The van der Waals surface area contributed by atoms with Crippen LogP contribution in [0, 0.1) is 0 Å². The first kappa shape index (κ1) is 13.2. The third kappa shape index (κ3) is 3.94. The molecule has 0 bridgehead atoms. The zero-order valence-electron chi connectivity index (χ0n) is 10.2. The van der Waals surface area contributed by atoms with Gasteiger partial charge in [0.2, 0.25) is 5.91 Å². The summed E-state index contributed by atoms with van der Waals surface area (Å²) in [5, 5.41) is 5.33. The lowest BCUT2D eigenvalue weighted by atomic mass is 10.2. The molecule has 0 radical (unpaired) electrons. The number of thiophene rings is 1. The molecule has 0 aliphatic heterocycles. The number of hydrogen-bond acceptors (Lipinski definition) is 3. The molecule has 0 aliphatic carbocycles. The van der Waals surface area contributed by atoms with Crippen molar-refractivity contribution in [1.29, 1.82) is 0 Å². The number of hydrogen-bond donors (Lipinski definition) is 1. The van der Waals surface area contributed by atoms with E-state index >= 15 is 0 Å². The minimum absolute atomic E-state index is 0.0927. The Morgan fingerprint density at radius 2 is 2.38 bits per heavy atom. The minimum Gasteiger partial charge on any atom is -0.345 e. The molecular weight excluding hydrogens is 220 g/mol. The van der Waals surface area contributed by atoms with Crippen LogP contribution in [0.5, 0.6) is 0 Å². The molecule has 4 heteroatoms. The predicted molar refractivity (Wildman–Crippen MR) is 68.8 cm³/mol. The van der Waals surface area contributed by atoms with Crippen molar-refractivity contribution in [2.45, 2.75) is 26.3 Å². The van der Waals surface area contributed by atoms with Crippen LogP contribution in [0.1, 0.15) is 18.7 Å². The van der Waals surface area contributed by atoms with Crippen molar-refractivity contribution >= 4 is 17.2 Å². The summed E-state index contributed by atoms with van der Waals surface area (Å²) in [5.74, 6) is 0.161. The van der Waals surface area contributed by atoms with Crippen LogP contribution in [-0.2, 0) is 11.2 Å². The highest BCUT2D eigenvalue weighted by Crippen LogP contribution is 2.08. The summed E-state index contributed by atoms with van der Waals surface area (Å²) in [6.07, 6.45) is 0.991. The average Bonchev–Trinajstić information content (AvgIpc) is 2.79. The molecule has 90 valence electrons. The van der Waals surface area contributed by atoms with Crippen molar-refractivity contribution in [2.24, 2.45) is 0 Å². The molecule has 1 unspecified atom stereocenters. The molecule has 1 heterocycles. The van der Waals surface area contributed by atoms with Gasteiger partial charge in [-0.05, 0) is 31.7 Å². The van der Waals surface area contributed by atoms with Crippen LogP contribution in [0.15, 0.2) is 17.5 Å². The van der Waals surface area contributed by atoms with E-state index in [1.807, 2.05) is 20.9 Å². The number of likely N-dealkylation sites (N-methyl/N-ethyl adjacent to an activating group) is 1. The van der Waals surface area contributed by atoms with E-state index in [9.17, 15) is 4.79 Å². The number of rotatable bonds is 6. The highest BCUT2D eigenvalue weighted by Gasteiger charge is 2.14. The summed E-state index contributed by atoms with van der Waals surface area (Å²) in [6, 6.07) is 4.08. The van der Waals surface area contributed by atoms with E-state index in [2.05, 4.69) is 22.8 Å². The molecule has 0 spiro atoms. The lowest BCUT2D eigenvalue weighted by molar-refractivity contribution is -0.131. The van der Waals surface area contributed by atoms with E-state index in [1.165, 1.54) is 4.88 Å². The van der Waals surface area contributed by atoms with Crippen LogP contribution in [0.4, 0.5) is 0 Å². The molecule has 1 rings (SSSR count). The first-order chi connectivity index (χ1) is 7.65. The topological polar surface area (TPSA) is 32.3 Å². The van der Waals surface area contributed by atoms with Crippen LogP contribution < -0.4 is 5.32 Å². The maximum atomic E-state index is 11.7. The Kier molecular flexibility index (Phi) is 5.49. The first-order valence-electron chi connectivity index (χ1n) is 5.66. The van der Waals surface area contributed by atoms with E-state index in [0.29, 0.717) is 0 Å². The summed E-state index contributed by atoms with van der Waals surface area (Å²) in [6.45, 7) is 5.51. The molecule has 1 atom stereocenters. The minimum atomic E-state index is -0.0927. The molecule has 1 N–H and O–H groups in total. The number of amides is 1. The van der Waals surface area contributed by atoms with E-state index in [-0.39, 0.29) is 11.9 Å². The van der Waals surface area contributed by atoms with Gasteiger partial charge in [-0.3, -0.25) is 4.79 Å². The van der Waals surface area contributed by atoms with E-state index in [4.69, 9.17) is 0 Å². The van der Waals surface area contributed by atoms with Gasteiger partial charge in [-0.15, -0.1) is 11.3 Å². The van der Waals surface area contributed by atoms with E-state index < -0.39 is 0 Å². The van der Waals surface area contributed by atoms with Crippen LogP contribution in [0.25, 0.3) is 0 Å². The zero-order chi connectivity index (χ0) is 12.0. The van der Waals surface area contributed by atoms with Crippen molar-refractivity contribution in [1.82, 2.24) is 10.2 Å².